The van der Waals surface area contributed by atoms with Crippen LogP contribution >= 0.6 is 0 Å². The van der Waals surface area contributed by atoms with Gasteiger partial charge in [-0.2, -0.15) is 5.10 Å². The maximum atomic E-state index is 13.3. The first-order valence-electron chi connectivity index (χ1n) is 11.5. The van der Waals surface area contributed by atoms with Gasteiger partial charge in [-0.15, -0.1) is 0 Å². The van der Waals surface area contributed by atoms with Crippen molar-refractivity contribution >= 4 is 23.0 Å². The smallest absolute Gasteiger partial charge is 0.281 e. The fourth-order valence-corrected chi connectivity index (χ4v) is 4.32. The van der Waals surface area contributed by atoms with Gasteiger partial charge in [-0.25, -0.2) is 9.82 Å². The van der Waals surface area contributed by atoms with E-state index in [0.717, 1.165) is 22.0 Å². The maximum Gasteiger partial charge on any atom is 0.281 e. The molecular weight excluding hydrogens is 453 g/mol. The first-order valence-corrected chi connectivity index (χ1v) is 11.5. The lowest BCUT2D eigenvalue weighted by Crippen LogP contribution is -2.43. The normalized spacial score (nSPS) is 11.7. The molecule has 0 aliphatic rings. The Hall–Kier alpha value is -4.55. The molecule has 5 aromatic rings. The summed E-state index contributed by atoms with van der Waals surface area (Å²) in [7, 11) is 0. The quantitative estimate of drug-likeness (QED) is 0.250. The Kier molecular flexibility index (Phi) is 6.43. The number of fused-ring (bicyclic) bond motifs is 1. The number of halogens is 1. The summed E-state index contributed by atoms with van der Waals surface area (Å²) < 4.78 is 15.4. The fourth-order valence-electron chi connectivity index (χ4n) is 4.32. The van der Waals surface area contributed by atoms with Crippen LogP contribution in [0, 0.1) is 5.82 Å². The van der Waals surface area contributed by atoms with Crippen LogP contribution in [0.2, 0.25) is 0 Å². The van der Waals surface area contributed by atoms with Gasteiger partial charge in [0.25, 0.3) is 5.91 Å². The molecule has 4 aromatic carbocycles. The summed E-state index contributed by atoms with van der Waals surface area (Å²) in [4.78, 5) is 13.3. The SMILES string of the molecule is O=C(NN=Cc1cn(Cc2ccc(F)cc2)c2ccccc12)C(O)(c1ccccc1)c1ccccc1. The van der Waals surface area contributed by atoms with Gasteiger partial charge in [-0.05, 0) is 34.9 Å². The molecule has 1 aromatic heterocycles. The van der Waals surface area contributed by atoms with Gasteiger partial charge in [0.05, 0.1) is 6.21 Å². The van der Waals surface area contributed by atoms with E-state index in [-0.39, 0.29) is 5.82 Å². The third-order valence-corrected chi connectivity index (χ3v) is 6.17. The lowest BCUT2D eigenvalue weighted by molar-refractivity contribution is -0.136. The summed E-state index contributed by atoms with van der Waals surface area (Å²) in [6.07, 6.45) is 3.50. The van der Waals surface area contributed by atoms with Gasteiger partial charge in [-0.1, -0.05) is 91.0 Å². The minimum absolute atomic E-state index is 0.273. The predicted molar refractivity (Wildman–Crippen MR) is 139 cm³/mol. The maximum absolute atomic E-state index is 13.3. The summed E-state index contributed by atoms with van der Waals surface area (Å²) in [5.74, 6) is -0.933. The molecule has 0 saturated heterocycles. The predicted octanol–water partition coefficient (Wildman–Crippen LogP) is 5.21. The highest BCUT2D eigenvalue weighted by Gasteiger charge is 2.39. The molecule has 0 spiro atoms. The number of amides is 1. The molecule has 1 amide bonds. The van der Waals surface area contributed by atoms with Crippen LogP contribution in [0.15, 0.2) is 120 Å². The number of carbonyl (C=O) groups excluding carboxylic acids is 1. The summed E-state index contributed by atoms with van der Waals surface area (Å²) in [6, 6.07) is 31.8. The van der Waals surface area contributed by atoms with Gasteiger partial charge < -0.3 is 9.67 Å². The zero-order valence-corrected chi connectivity index (χ0v) is 19.4. The number of para-hydroxylation sites is 1. The minimum Gasteiger partial charge on any atom is -0.372 e. The van der Waals surface area contributed by atoms with Crippen molar-refractivity contribution < 1.29 is 14.3 Å². The van der Waals surface area contributed by atoms with Crippen molar-refractivity contribution in [1.29, 1.82) is 0 Å². The van der Waals surface area contributed by atoms with Gasteiger partial charge in [0, 0.05) is 29.2 Å². The van der Waals surface area contributed by atoms with Gasteiger partial charge in [0.2, 0.25) is 0 Å². The van der Waals surface area contributed by atoms with Crippen LogP contribution in [-0.4, -0.2) is 21.8 Å². The molecule has 1 heterocycles. The Morgan fingerprint density at radius 1 is 0.861 bits per heavy atom. The van der Waals surface area contributed by atoms with Crippen molar-refractivity contribution in [3.8, 4) is 0 Å². The molecule has 0 atom stereocenters. The number of hydrogen-bond acceptors (Lipinski definition) is 3. The second-order valence-corrected chi connectivity index (χ2v) is 8.50. The molecule has 0 saturated carbocycles. The average molecular weight is 478 g/mol. The van der Waals surface area contributed by atoms with Crippen LogP contribution in [0.1, 0.15) is 22.3 Å². The number of aliphatic hydroxyl groups is 1. The molecular formula is C30H24FN3O2. The van der Waals surface area contributed by atoms with E-state index >= 15 is 0 Å². The molecule has 5 rings (SSSR count). The van der Waals surface area contributed by atoms with Crippen molar-refractivity contribution in [3.63, 3.8) is 0 Å². The van der Waals surface area contributed by atoms with Crippen molar-refractivity contribution in [3.05, 3.63) is 143 Å². The highest BCUT2D eigenvalue weighted by atomic mass is 19.1. The molecule has 0 fully saturated rings. The Morgan fingerprint density at radius 3 is 2.08 bits per heavy atom. The molecule has 2 N–H and O–H groups in total. The van der Waals surface area contributed by atoms with E-state index in [4.69, 9.17) is 0 Å². The van der Waals surface area contributed by atoms with E-state index < -0.39 is 11.5 Å². The lowest BCUT2D eigenvalue weighted by atomic mass is 9.85. The lowest BCUT2D eigenvalue weighted by Gasteiger charge is -2.27. The molecule has 6 heteroatoms. The van der Waals surface area contributed by atoms with Crippen molar-refractivity contribution in [2.45, 2.75) is 12.1 Å². The van der Waals surface area contributed by atoms with E-state index in [0.29, 0.717) is 17.7 Å². The molecule has 0 unspecified atom stereocenters. The number of nitrogens with zero attached hydrogens (tertiary/aromatic N) is 2. The summed E-state index contributed by atoms with van der Waals surface area (Å²) >= 11 is 0. The standard InChI is InChI=1S/C30H24FN3O2/c31-26-17-15-22(16-18-26)20-34-21-23(27-13-7-8-14-28(27)34)19-32-33-29(35)30(36,24-9-3-1-4-10-24)25-11-5-2-6-12-25/h1-19,21,36H,20H2,(H,33,35). The summed E-state index contributed by atoms with van der Waals surface area (Å²) in [6.45, 7) is 0.558. The number of carbonyl (C=O) groups is 1. The number of nitrogens with one attached hydrogen (secondary N) is 1. The topological polar surface area (TPSA) is 66.6 Å². The molecule has 0 aliphatic carbocycles. The molecule has 0 bridgehead atoms. The number of aromatic nitrogens is 1. The Labute approximate surface area is 208 Å². The van der Waals surface area contributed by atoms with E-state index in [1.54, 1.807) is 66.9 Å². The second kappa shape index (κ2) is 9.98. The van der Waals surface area contributed by atoms with Crippen LogP contribution in [0.5, 0.6) is 0 Å². The monoisotopic (exact) mass is 477 g/mol. The van der Waals surface area contributed by atoms with Gasteiger partial charge in [-0.3, -0.25) is 4.79 Å². The zero-order valence-electron chi connectivity index (χ0n) is 19.4. The number of rotatable bonds is 7. The summed E-state index contributed by atoms with van der Waals surface area (Å²) in [5.41, 5.74) is 4.26. The summed E-state index contributed by atoms with van der Waals surface area (Å²) in [5, 5.41) is 16.7. The van der Waals surface area contributed by atoms with Crippen LogP contribution < -0.4 is 5.43 Å². The fraction of sp³-hybridized carbons (Fsp3) is 0.0667. The number of hydrazone groups is 1. The van der Waals surface area contributed by atoms with E-state index in [1.165, 1.54) is 12.1 Å². The number of benzene rings is 4. The zero-order chi connectivity index (χ0) is 25.0. The van der Waals surface area contributed by atoms with Gasteiger partial charge >= 0.3 is 0 Å². The molecule has 178 valence electrons. The van der Waals surface area contributed by atoms with Crippen LogP contribution in [0.25, 0.3) is 10.9 Å². The van der Waals surface area contributed by atoms with Crippen LogP contribution in [-0.2, 0) is 16.9 Å². The number of hydrogen-bond donors (Lipinski definition) is 2. The third-order valence-electron chi connectivity index (χ3n) is 6.17. The molecule has 0 radical (unpaired) electrons. The van der Waals surface area contributed by atoms with E-state index in [1.807, 2.05) is 42.6 Å². The van der Waals surface area contributed by atoms with Crippen molar-refractivity contribution in [2.75, 3.05) is 0 Å². The first kappa shape index (κ1) is 23.2. The Morgan fingerprint density at radius 2 is 1.44 bits per heavy atom. The van der Waals surface area contributed by atoms with Crippen LogP contribution in [0.4, 0.5) is 4.39 Å². The molecule has 36 heavy (non-hydrogen) atoms. The second-order valence-electron chi connectivity index (χ2n) is 8.50. The minimum atomic E-state index is -1.91. The first-order chi connectivity index (χ1) is 17.6. The van der Waals surface area contributed by atoms with Crippen molar-refractivity contribution in [1.82, 2.24) is 9.99 Å². The van der Waals surface area contributed by atoms with E-state index in [2.05, 4.69) is 15.1 Å². The van der Waals surface area contributed by atoms with E-state index in [9.17, 15) is 14.3 Å². The molecule has 0 aliphatic heterocycles. The Balaban J connectivity index is 1.43. The Bertz CT molecular complexity index is 1470. The van der Waals surface area contributed by atoms with Crippen LogP contribution in [0.3, 0.4) is 0 Å². The van der Waals surface area contributed by atoms with Gasteiger partial charge in [0.15, 0.2) is 5.60 Å². The highest BCUT2D eigenvalue weighted by Crippen LogP contribution is 2.30. The largest absolute Gasteiger partial charge is 0.372 e. The van der Waals surface area contributed by atoms with Crippen molar-refractivity contribution in [2.24, 2.45) is 5.10 Å². The van der Waals surface area contributed by atoms with Gasteiger partial charge in [0.1, 0.15) is 5.82 Å². The molecule has 5 nitrogen and oxygen atoms in total. The third kappa shape index (κ3) is 4.54. The average Bonchev–Trinajstić information content (AvgIpc) is 3.27. The highest BCUT2D eigenvalue weighted by molar-refractivity contribution is 6.00.